The maximum absolute atomic E-state index is 12.5. The maximum Gasteiger partial charge on any atom is 0.170 e. The zero-order chi connectivity index (χ0) is 12.3. The highest BCUT2D eigenvalue weighted by Crippen LogP contribution is 2.34. The molecule has 0 aromatic heterocycles. The second kappa shape index (κ2) is 5.31. The standard InChI is InChI=1S/C16H20O/c1-12-8-6-7-9-13(2)15(12)16(17)14-10-4-3-5-11-14/h3-5,10-11,13,15H,1,6-9H2,2H3/t13-,15-/m1/s1. The highest BCUT2D eigenvalue weighted by Gasteiger charge is 2.29. The quantitative estimate of drug-likeness (QED) is 0.420. The van der Waals surface area contributed by atoms with Crippen molar-refractivity contribution in [3.8, 4) is 0 Å². The fraction of sp³-hybridized carbons (Fsp3) is 0.438. The lowest BCUT2D eigenvalue weighted by Gasteiger charge is -2.22. The molecule has 2 rings (SSSR count). The van der Waals surface area contributed by atoms with Crippen LogP contribution in [0.3, 0.4) is 0 Å². The van der Waals surface area contributed by atoms with Crippen molar-refractivity contribution in [3.05, 3.63) is 48.0 Å². The van der Waals surface area contributed by atoms with Gasteiger partial charge in [0.25, 0.3) is 0 Å². The van der Waals surface area contributed by atoms with Gasteiger partial charge in [-0.2, -0.15) is 0 Å². The molecule has 0 amide bonds. The van der Waals surface area contributed by atoms with E-state index in [1.165, 1.54) is 12.8 Å². The summed E-state index contributed by atoms with van der Waals surface area (Å²) < 4.78 is 0. The first-order valence-electron chi connectivity index (χ1n) is 6.47. The van der Waals surface area contributed by atoms with Crippen LogP contribution in [0.15, 0.2) is 42.5 Å². The van der Waals surface area contributed by atoms with Crippen molar-refractivity contribution >= 4 is 5.78 Å². The van der Waals surface area contributed by atoms with Crippen LogP contribution in [0.2, 0.25) is 0 Å². The Balaban J connectivity index is 2.25. The van der Waals surface area contributed by atoms with E-state index < -0.39 is 0 Å². The molecule has 0 radical (unpaired) electrons. The third-order valence-electron chi connectivity index (χ3n) is 3.76. The van der Waals surface area contributed by atoms with Crippen LogP contribution in [0.4, 0.5) is 0 Å². The number of hydrogen-bond acceptors (Lipinski definition) is 1. The summed E-state index contributed by atoms with van der Waals surface area (Å²) in [6.45, 7) is 6.31. The van der Waals surface area contributed by atoms with Crippen molar-refractivity contribution in [2.24, 2.45) is 11.8 Å². The van der Waals surface area contributed by atoms with Crippen LogP contribution in [0.25, 0.3) is 0 Å². The van der Waals surface area contributed by atoms with Gasteiger partial charge in [-0.25, -0.2) is 0 Å². The van der Waals surface area contributed by atoms with Gasteiger partial charge in [0.15, 0.2) is 5.78 Å². The average Bonchev–Trinajstić information content (AvgIpc) is 2.51. The van der Waals surface area contributed by atoms with Gasteiger partial charge in [-0.1, -0.05) is 55.8 Å². The molecule has 0 bridgehead atoms. The summed E-state index contributed by atoms with van der Waals surface area (Å²) in [5.41, 5.74) is 1.95. The van der Waals surface area contributed by atoms with Crippen molar-refractivity contribution < 1.29 is 4.79 Å². The lowest BCUT2D eigenvalue weighted by molar-refractivity contribution is 0.0905. The first kappa shape index (κ1) is 12.1. The third kappa shape index (κ3) is 2.66. The summed E-state index contributed by atoms with van der Waals surface area (Å²) >= 11 is 0. The molecule has 1 aliphatic rings. The van der Waals surface area contributed by atoms with Gasteiger partial charge in [-0.05, 0) is 25.2 Å². The zero-order valence-electron chi connectivity index (χ0n) is 10.5. The Labute approximate surface area is 104 Å². The zero-order valence-corrected chi connectivity index (χ0v) is 10.5. The summed E-state index contributed by atoms with van der Waals surface area (Å²) in [6.07, 6.45) is 4.55. The molecule has 0 unspecified atom stereocenters. The van der Waals surface area contributed by atoms with E-state index in [0.717, 1.165) is 24.0 Å². The fourth-order valence-corrected chi connectivity index (χ4v) is 2.77. The van der Waals surface area contributed by atoms with Gasteiger partial charge < -0.3 is 0 Å². The smallest absolute Gasteiger partial charge is 0.170 e. The van der Waals surface area contributed by atoms with E-state index in [1.807, 2.05) is 30.3 Å². The molecule has 0 spiro atoms. The van der Waals surface area contributed by atoms with E-state index in [1.54, 1.807) is 0 Å². The molecule has 0 N–H and O–H groups in total. The van der Waals surface area contributed by atoms with Crippen LogP contribution in [0.5, 0.6) is 0 Å². The summed E-state index contributed by atoms with van der Waals surface area (Å²) in [4.78, 5) is 12.5. The maximum atomic E-state index is 12.5. The third-order valence-corrected chi connectivity index (χ3v) is 3.76. The second-order valence-corrected chi connectivity index (χ2v) is 5.09. The average molecular weight is 228 g/mol. The topological polar surface area (TPSA) is 17.1 Å². The first-order chi connectivity index (χ1) is 8.20. The predicted octanol–water partition coefficient (Wildman–Crippen LogP) is 4.25. The number of ketones is 1. The van der Waals surface area contributed by atoms with Gasteiger partial charge in [0.05, 0.1) is 0 Å². The number of allylic oxidation sites excluding steroid dienone is 1. The lowest BCUT2D eigenvalue weighted by Crippen LogP contribution is -2.22. The fourth-order valence-electron chi connectivity index (χ4n) is 2.77. The minimum absolute atomic E-state index is 0.0277. The Kier molecular flexibility index (Phi) is 3.78. The molecule has 1 aromatic carbocycles. The summed E-state index contributed by atoms with van der Waals surface area (Å²) in [6, 6.07) is 9.62. The van der Waals surface area contributed by atoms with Crippen molar-refractivity contribution in [1.29, 1.82) is 0 Å². The van der Waals surface area contributed by atoms with Crippen molar-refractivity contribution in [1.82, 2.24) is 0 Å². The van der Waals surface area contributed by atoms with Gasteiger partial charge in [0, 0.05) is 11.5 Å². The highest BCUT2D eigenvalue weighted by molar-refractivity contribution is 5.99. The molecule has 0 heterocycles. The van der Waals surface area contributed by atoms with Crippen molar-refractivity contribution in [3.63, 3.8) is 0 Å². The van der Waals surface area contributed by atoms with Crippen LogP contribution in [0, 0.1) is 11.8 Å². The van der Waals surface area contributed by atoms with Crippen LogP contribution in [-0.2, 0) is 0 Å². The number of carbonyl (C=O) groups excluding carboxylic acids is 1. The Morgan fingerprint density at radius 3 is 2.65 bits per heavy atom. The molecule has 1 aliphatic carbocycles. The lowest BCUT2D eigenvalue weighted by atomic mass is 9.81. The largest absolute Gasteiger partial charge is 0.293 e. The molecule has 1 saturated carbocycles. The SMILES string of the molecule is C=C1CCCC[C@@H](C)[C@@H]1C(=O)c1ccccc1. The number of Topliss-reactive ketones (excluding diaryl/α,β-unsaturated/α-hetero) is 1. The molecule has 1 fully saturated rings. The van der Waals surface area contributed by atoms with Crippen LogP contribution in [0.1, 0.15) is 43.0 Å². The Hall–Kier alpha value is -1.37. The van der Waals surface area contributed by atoms with Gasteiger partial charge >= 0.3 is 0 Å². The normalized spacial score (nSPS) is 25.4. The molecule has 1 aromatic rings. The highest BCUT2D eigenvalue weighted by atomic mass is 16.1. The van der Waals surface area contributed by atoms with E-state index in [0.29, 0.717) is 5.92 Å². The minimum atomic E-state index is 0.0277. The van der Waals surface area contributed by atoms with E-state index in [9.17, 15) is 4.79 Å². The van der Waals surface area contributed by atoms with E-state index in [4.69, 9.17) is 0 Å². The van der Waals surface area contributed by atoms with Crippen LogP contribution >= 0.6 is 0 Å². The molecular weight excluding hydrogens is 208 g/mol. The molecule has 17 heavy (non-hydrogen) atoms. The molecule has 90 valence electrons. The molecular formula is C16H20O. The first-order valence-corrected chi connectivity index (χ1v) is 6.47. The van der Waals surface area contributed by atoms with E-state index in [2.05, 4.69) is 13.5 Å². The molecule has 0 saturated heterocycles. The molecule has 1 nitrogen and oxygen atoms in total. The molecule has 2 atom stereocenters. The van der Waals surface area contributed by atoms with E-state index in [-0.39, 0.29) is 11.7 Å². The summed E-state index contributed by atoms with van der Waals surface area (Å²) in [7, 11) is 0. The monoisotopic (exact) mass is 228 g/mol. The summed E-state index contributed by atoms with van der Waals surface area (Å²) in [5.74, 6) is 0.711. The number of hydrogen-bond donors (Lipinski definition) is 0. The Morgan fingerprint density at radius 2 is 1.94 bits per heavy atom. The van der Waals surface area contributed by atoms with Gasteiger partial charge in [0.2, 0.25) is 0 Å². The van der Waals surface area contributed by atoms with Crippen LogP contribution in [-0.4, -0.2) is 5.78 Å². The summed E-state index contributed by atoms with van der Waals surface area (Å²) in [5, 5.41) is 0. The van der Waals surface area contributed by atoms with Gasteiger partial charge in [0.1, 0.15) is 0 Å². The number of benzene rings is 1. The van der Waals surface area contributed by atoms with Gasteiger partial charge in [-0.15, -0.1) is 0 Å². The number of carbonyl (C=O) groups is 1. The molecule has 0 aliphatic heterocycles. The number of rotatable bonds is 2. The van der Waals surface area contributed by atoms with E-state index >= 15 is 0 Å². The Morgan fingerprint density at radius 1 is 1.24 bits per heavy atom. The van der Waals surface area contributed by atoms with Gasteiger partial charge in [-0.3, -0.25) is 4.79 Å². The predicted molar refractivity (Wildman–Crippen MR) is 71.0 cm³/mol. The second-order valence-electron chi connectivity index (χ2n) is 5.09. The minimum Gasteiger partial charge on any atom is -0.293 e. The van der Waals surface area contributed by atoms with Crippen LogP contribution < -0.4 is 0 Å². The molecule has 1 heteroatoms. The van der Waals surface area contributed by atoms with Crippen molar-refractivity contribution in [2.45, 2.75) is 32.6 Å². The van der Waals surface area contributed by atoms with Crippen molar-refractivity contribution in [2.75, 3.05) is 0 Å². The Bertz CT molecular complexity index is 405.